The lowest BCUT2D eigenvalue weighted by atomic mass is 10.2. The quantitative estimate of drug-likeness (QED) is 0.804. The van der Waals surface area contributed by atoms with E-state index in [-0.39, 0.29) is 17.3 Å². The number of aromatic nitrogens is 2. The third kappa shape index (κ3) is 3.76. The normalized spacial score (nSPS) is 20.1. The molecule has 1 aliphatic carbocycles. The van der Waals surface area contributed by atoms with Gasteiger partial charge in [0, 0.05) is 18.4 Å². The van der Waals surface area contributed by atoms with E-state index in [0.29, 0.717) is 19.2 Å². The number of nitrogens with one attached hydrogen (secondary N) is 1. The van der Waals surface area contributed by atoms with Crippen LogP contribution in [0.2, 0.25) is 0 Å². The number of carbonyl (C=O) groups is 1. The lowest BCUT2D eigenvalue weighted by molar-refractivity contribution is -0.120. The van der Waals surface area contributed by atoms with E-state index in [2.05, 4.69) is 14.9 Å². The maximum atomic E-state index is 12.4. The summed E-state index contributed by atoms with van der Waals surface area (Å²) in [6.45, 7) is 2.76. The highest BCUT2D eigenvalue weighted by Crippen LogP contribution is 2.38. The van der Waals surface area contributed by atoms with Gasteiger partial charge in [0.25, 0.3) is 0 Å². The van der Waals surface area contributed by atoms with Crippen LogP contribution >= 0.6 is 11.8 Å². The molecule has 1 amide bonds. The van der Waals surface area contributed by atoms with Crippen molar-refractivity contribution >= 4 is 17.7 Å². The van der Waals surface area contributed by atoms with Crippen LogP contribution in [0.25, 0.3) is 0 Å². The van der Waals surface area contributed by atoms with E-state index in [1.165, 1.54) is 24.6 Å². The minimum Gasteiger partial charge on any atom is -0.486 e. The molecule has 7 heteroatoms. The van der Waals surface area contributed by atoms with E-state index in [4.69, 9.17) is 9.47 Å². The highest BCUT2D eigenvalue weighted by Gasteiger charge is 2.27. The van der Waals surface area contributed by atoms with Crippen molar-refractivity contribution < 1.29 is 14.3 Å². The summed E-state index contributed by atoms with van der Waals surface area (Å²) in [7, 11) is 0. The van der Waals surface area contributed by atoms with Gasteiger partial charge >= 0.3 is 0 Å². The van der Waals surface area contributed by atoms with Gasteiger partial charge in [0.1, 0.15) is 12.7 Å². The standard InChI is InChI=1S/C18H21N3O3S/c1-12(25-18-19-8-9-21(18)13-6-7-13)17(22)20-10-14-11-23-15-4-2-3-5-16(15)24-14/h2-5,8-9,12-14H,6-7,10-11H2,1H3,(H,20,22)/t12-,14-/m0/s1. The van der Waals surface area contributed by atoms with Crippen molar-refractivity contribution in [2.24, 2.45) is 0 Å². The van der Waals surface area contributed by atoms with Crippen LogP contribution in [0.5, 0.6) is 11.5 Å². The van der Waals surface area contributed by atoms with Crippen molar-refractivity contribution in [2.75, 3.05) is 13.2 Å². The Morgan fingerprint density at radius 2 is 2.20 bits per heavy atom. The van der Waals surface area contributed by atoms with Crippen LogP contribution in [0.15, 0.2) is 41.8 Å². The van der Waals surface area contributed by atoms with E-state index in [0.717, 1.165) is 16.7 Å². The maximum Gasteiger partial charge on any atom is 0.233 e. The third-order valence-corrected chi connectivity index (χ3v) is 5.39. The highest BCUT2D eigenvalue weighted by molar-refractivity contribution is 8.00. The average Bonchev–Trinajstić information content (AvgIpc) is 3.38. The molecule has 4 rings (SSSR count). The Bertz CT molecular complexity index is 760. The van der Waals surface area contributed by atoms with E-state index in [1.54, 1.807) is 6.20 Å². The summed E-state index contributed by atoms with van der Waals surface area (Å²) in [6, 6.07) is 8.14. The summed E-state index contributed by atoms with van der Waals surface area (Å²) in [5.41, 5.74) is 0. The molecule has 0 bridgehead atoms. The average molecular weight is 359 g/mol. The van der Waals surface area contributed by atoms with Gasteiger partial charge in [0.2, 0.25) is 5.91 Å². The summed E-state index contributed by atoms with van der Waals surface area (Å²) < 4.78 is 13.7. The number of thioether (sulfide) groups is 1. The summed E-state index contributed by atoms with van der Waals surface area (Å²) in [5, 5.41) is 3.66. The molecule has 1 saturated carbocycles. The number of fused-ring (bicyclic) bond motifs is 1. The first-order valence-electron chi connectivity index (χ1n) is 8.56. The molecule has 0 radical (unpaired) electrons. The zero-order valence-corrected chi connectivity index (χ0v) is 14.9. The van der Waals surface area contributed by atoms with Gasteiger partial charge < -0.3 is 19.4 Å². The second-order valence-electron chi connectivity index (χ2n) is 6.35. The molecule has 132 valence electrons. The van der Waals surface area contributed by atoms with Gasteiger partial charge in [-0.15, -0.1) is 0 Å². The number of para-hydroxylation sites is 2. The number of benzene rings is 1. The van der Waals surface area contributed by atoms with Crippen LogP contribution in [0, 0.1) is 0 Å². The zero-order valence-electron chi connectivity index (χ0n) is 14.1. The molecule has 25 heavy (non-hydrogen) atoms. The monoisotopic (exact) mass is 359 g/mol. The summed E-state index contributed by atoms with van der Waals surface area (Å²) in [6.07, 6.45) is 6.02. The first-order chi connectivity index (χ1) is 12.2. The fourth-order valence-electron chi connectivity index (χ4n) is 2.75. The molecular formula is C18H21N3O3S. The molecule has 2 aliphatic rings. The van der Waals surface area contributed by atoms with Gasteiger partial charge in [-0.3, -0.25) is 4.79 Å². The molecule has 6 nitrogen and oxygen atoms in total. The van der Waals surface area contributed by atoms with Crippen LogP contribution in [0.4, 0.5) is 0 Å². The van der Waals surface area contributed by atoms with Crippen LogP contribution in [-0.2, 0) is 4.79 Å². The van der Waals surface area contributed by atoms with Crippen molar-refractivity contribution in [3.05, 3.63) is 36.7 Å². The molecular weight excluding hydrogens is 338 g/mol. The van der Waals surface area contributed by atoms with E-state index >= 15 is 0 Å². The number of carbonyl (C=O) groups excluding carboxylic acids is 1. The lowest BCUT2D eigenvalue weighted by Gasteiger charge is -2.26. The van der Waals surface area contributed by atoms with Crippen LogP contribution < -0.4 is 14.8 Å². The van der Waals surface area contributed by atoms with Crippen molar-refractivity contribution in [2.45, 2.75) is 42.3 Å². The fourth-order valence-corrected chi connectivity index (χ4v) is 3.71. The predicted molar refractivity (Wildman–Crippen MR) is 95.2 cm³/mol. The van der Waals surface area contributed by atoms with Crippen LogP contribution in [0.3, 0.4) is 0 Å². The van der Waals surface area contributed by atoms with Gasteiger partial charge in [0.05, 0.1) is 11.8 Å². The van der Waals surface area contributed by atoms with Gasteiger partial charge in [-0.1, -0.05) is 23.9 Å². The van der Waals surface area contributed by atoms with E-state index < -0.39 is 0 Å². The Morgan fingerprint density at radius 1 is 1.40 bits per heavy atom. The first-order valence-corrected chi connectivity index (χ1v) is 9.44. The lowest BCUT2D eigenvalue weighted by Crippen LogP contribution is -2.42. The summed E-state index contributed by atoms with van der Waals surface area (Å²) in [4.78, 5) is 16.8. The molecule has 2 atom stereocenters. The number of ether oxygens (including phenoxy) is 2. The molecule has 2 aromatic rings. The highest BCUT2D eigenvalue weighted by atomic mass is 32.2. The van der Waals surface area contributed by atoms with E-state index in [9.17, 15) is 4.79 Å². The molecule has 0 spiro atoms. The van der Waals surface area contributed by atoms with Gasteiger partial charge in [-0.25, -0.2) is 4.98 Å². The Kier molecular flexibility index (Phi) is 4.57. The molecule has 1 fully saturated rings. The van der Waals surface area contributed by atoms with Crippen molar-refractivity contribution in [1.29, 1.82) is 0 Å². The number of hydrogen-bond acceptors (Lipinski definition) is 5. The number of rotatable bonds is 6. The number of amides is 1. The Hall–Kier alpha value is -2.15. The zero-order chi connectivity index (χ0) is 17.2. The summed E-state index contributed by atoms with van der Waals surface area (Å²) >= 11 is 1.50. The van der Waals surface area contributed by atoms with Crippen molar-refractivity contribution in [3.63, 3.8) is 0 Å². The van der Waals surface area contributed by atoms with Gasteiger partial charge in [-0.05, 0) is 31.9 Å². The molecule has 1 N–H and O–H groups in total. The minimum absolute atomic E-state index is 0.0159. The molecule has 0 saturated heterocycles. The Labute approximate surface area is 150 Å². The molecule has 0 unspecified atom stereocenters. The first kappa shape index (κ1) is 16.3. The molecule has 1 aromatic carbocycles. The Balaban J connectivity index is 1.28. The topological polar surface area (TPSA) is 65.4 Å². The summed E-state index contributed by atoms with van der Waals surface area (Å²) in [5.74, 6) is 1.46. The minimum atomic E-state index is -0.211. The fraction of sp³-hybridized carbons (Fsp3) is 0.444. The maximum absolute atomic E-state index is 12.4. The predicted octanol–water partition coefficient (Wildman–Crippen LogP) is 2.65. The second kappa shape index (κ2) is 7.00. The molecule has 1 aromatic heterocycles. The number of nitrogens with zero attached hydrogens (tertiary/aromatic N) is 2. The smallest absolute Gasteiger partial charge is 0.233 e. The van der Waals surface area contributed by atoms with Crippen LogP contribution in [0.1, 0.15) is 25.8 Å². The van der Waals surface area contributed by atoms with E-state index in [1.807, 2.05) is 37.4 Å². The van der Waals surface area contributed by atoms with Crippen molar-refractivity contribution in [1.82, 2.24) is 14.9 Å². The van der Waals surface area contributed by atoms with Gasteiger partial charge in [0.15, 0.2) is 16.7 Å². The van der Waals surface area contributed by atoms with Crippen molar-refractivity contribution in [3.8, 4) is 11.5 Å². The second-order valence-corrected chi connectivity index (χ2v) is 7.66. The SMILES string of the molecule is C[C@H](Sc1nccn1C1CC1)C(=O)NC[C@H]1COc2ccccc2O1. The number of imidazole rings is 1. The Morgan fingerprint density at radius 3 is 3.00 bits per heavy atom. The molecule has 1 aliphatic heterocycles. The van der Waals surface area contributed by atoms with Crippen LogP contribution in [-0.4, -0.2) is 40.0 Å². The number of hydrogen-bond donors (Lipinski definition) is 1. The molecule has 2 heterocycles. The van der Waals surface area contributed by atoms with Gasteiger partial charge in [-0.2, -0.15) is 0 Å². The largest absolute Gasteiger partial charge is 0.486 e. The third-order valence-electron chi connectivity index (χ3n) is 4.30.